The fourth-order valence-corrected chi connectivity index (χ4v) is 3.10. The molecule has 0 unspecified atom stereocenters. The molecular formula is C21H26N2O3. The Morgan fingerprint density at radius 1 is 1.15 bits per heavy atom. The third-order valence-corrected chi connectivity index (χ3v) is 4.54. The van der Waals surface area contributed by atoms with E-state index in [4.69, 9.17) is 9.47 Å². The number of hydrogen-bond donors (Lipinski definition) is 1. The molecule has 138 valence electrons. The summed E-state index contributed by atoms with van der Waals surface area (Å²) in [5.74, 6) is 2.32. The van der Waals surface area contributed by atoms with Crippen LogP contribution < -0.4 is 14.8 Å². The molecule has 0 radical (unpaired) electrons. The second-order valence-electron chi connectivity index (χ2n) is 6.59. The van der Waals surface area contributed by atoms with E-state index in [2.05, 4.69) is 17.2 Å². The molecule has 1 amide bonds. The van der Waals surface area contributed by atoms with E-state index in [9.17, 15) is 4.79 Å². The predicted octanol–water partition coefficient (Wildman–Crippen LogP) is 4.47. The van der Waals surface area contributed by atoms with Crippen LogP contribution in [0.2, 0.25) is 0 Å². The van der Waals surface area contributed by atoms with Gasteiger partial charge >= 0.3 is 0 Å². The molecule has 0 saturated heterocycles. The maximum absolute atomic E-state index is 12.2. The minimum absolute atomic E-state index is 0.134. The van der Waals surface area contributed by atoms with Crippen molar-refractivity contribution < 1.29 is 14.3 Å². The Balaban J connectivity index is 1.60. The zero-order valence-corrected chi connectivity index (χ0v) is 15.2. The van der Waals surface area contributed by atoms with Crippen molar-refractivity contribution in [3.63, 3.8) is 0 Å². The highest BCUT2D eigenvalue weighted by Gasteiger charge is 2.22. The Kier molecular flexibility index (Phi) is 6.47. The van der Waals surface area contributed by atoms with Crippen molar-refractivity contribution in [2.24, 2.45) is 5.92 Å². The number of carbonyl (C=O) groups excluding carboxylic acids is 1. The summed E-state index contributed by atoms with van der Waals surface area (Å²) in [7, 11) is 0. The van der Waals surface area contributed by atoms with Crippen LogP contribution in [0, 0.1) is 5.92 Å². The van der Waals surface area contributed by atoms with Crippen LogP contribution in [0.4, 0.5) is 0 Å². The van der Waals surface area contributed by atoms with E-state index >= 15 is 0 Å². The number of pyridine rings is 1. The smallest absolute Gasteiger partial charge is 0.224 e. The van der Waals surface area contributed by atoms with E-state index in [0.717, 1.165) is 43.4 Å². The Morgan fingerprint density at radius 3 is 2.62 bits per heavy atom. The van der Waals surface area contributed by atoms with Crippen molar-refractivity contribution in [1.82, 2.24) is 10.3 Å². The number of nitrogens with one attached hydrogen (secondary N) is 1. The lowest BCUT2D eigenvalue weighted by atomic mass is 10.1. The van der Waals surface area contributed by atoms with E-state index in [1.807, 2.05) is 36.4 Å². The van der Waals surface area contributed by atoms with Gasteiger partial charge in [-0.05, 0) is 49.6 Å². The molecule has 2 aromatic rings. The first-order valence-electron chi connectivity index (χ1n) is 9.38. The average molecular weight is 354 g/mol. The van der Waals surface area contributed by atoms with Crippen molar-refractivity contribution in [3.8, 4) is 17.4 Å². The zero-order chi connectivity index (χ0) is 18.2. The van der Waals surface area contributed by atoms with E-state index in [1.54, 1.807) is 6.20 Å². The van der Waals surface area contributed by atoms with Gasteiger partial charge in [0.2, 0.25) is 11.8 Å². The van der Waals surface area contributed by atoms with Gasteiger partial charge in [0.05, 0.1) is 6.61 Å². The number of nitrogens with zero attached hydrogens (tertiary/aromatic N) is 1. The SMILES string of the molecule is CCCOc1ccc(Oc2ncccc2CNC(=O)C2CCCC2)cc1. The van der Waals surface area contributed by atoms with Gasteiger partial charge in [-0.3, -0.25) is 4.79 Å². The number of hydrogen-bond acceptors (Lipinski definition) is 4. The molecule has 5 nitrogen and oxygen atoms in total. The van der Waals surface area contributed by atoms with Crippen molar-refractivity contribution >= 4 is 5.91 Å². The lowest BCUT2D eigenvalue weighted by molar-refractivity contribution is -0.124. The molecule has 1 fully saturated rings. The normalized spacial score (nSPS) is 14.2. The van der Waals surface area contributed by atoms with Crippen LogP contribution in [0.1, 0.15) is 44.6 Å². The van der Waals surface area contributed by atoms with Gasteiger partial charge < -0.3 is 14.8 Å². The number of benzene rings is 1. The molecule has 0 atom stereocenters. The van der Waals surface area contributed by atoms with Gasteiger partial charge in [0.15, 0.2) is 0 Å². The van der Waals surface area contributed by atoms with Crippen LogP contribution in [0.5, 0.6) is 17.4 Å². The lowest BCUT2D eigenvalue weighted by Crippen LogP contribution is -2.28. The quantitative estimate of drug-likeness (QED) is 0.760. The minimum atomic E-state index is 0.134. The third-order valence-electron chi connectivity index (χ3n) is 4.54. The van der Waals surface area contributed by atoms with Gasteiger partial charge in [-0.15, -0.1) is 0 Å². The summed E-state index contributed by atoms with van der Waals surface area (Å²) >= 11 is 0. The van der Waals surface area contributed by atoms with E-state index in [1.165, 1.54) is 0 Å². The number of ether oxygens (including phenoxy) is 2. The molecule has 0 spiro atoms. The molecule has 0 bridgehead atoms. The van der Waals surface area contributed by atoms with Crippen molar-refractivity contribution in [2.45, 2.75) is 45.6 Å². The predicted molar refractivity (Wildman–Crippen MR) is 100 cm³/mol. The summed E-state index contributed by atoms with van der Waals surface area (Å²) in [6.45, 7) is 3.20. The van der Waals surface area contributed by atoms with E-state index < -0.39 is 0 Å². The van der Waals surface area contributed by atoms with Crippen LogP contribution in [-0.2, 0) is 11.3 Å². The molecule has 5 heteroatoms. The van der Waals surface area contributed by atoms with Crippen molar-refractivity contribution in [3.05, 3.63) is 48.2 Å². The molecule has 1 aliphatic rings. The van der Waals surface area contributed by atoms with Crippen LogP contribution >= 0.6 is 0 Å². The molecule has 1 heterocycles. The Hall–Kier alpha value is -2.56. The fraction of sp³-hybridized carbons (Fsp3) is 0.429. The Labute approximate surface area is 154 Å². The van der Waals surface area contributed by atoms with Gasteiger partial charge in [0.25, 0.3) is 0 Å². The van der Waals surface area contributed by atoms with E-state index in [-0.39, 0.29) is 11.8 Å². The van der Waals surface area contributed by atoms with Gasteiger partial charge in [0.1, 0.15) is 11.5 Å². The number of carbonyl (C=O) groups is 1. The number of amides is 1. The summed E-state index contributed by atoms with van der Waals surface area (Å²) in [6.07, 6.45) is 6.95. The summed E-state index contributed by atoms with van der Waals surface area (Å²) in [5.41, 5.74) is 0.866. The maximum Gasteiger partial charge on any atom is 0.224 e. The largest absolute Gasteiger partial charge is 0.494 e. The maximum atomic E-state index is 12.2. The monoisotopic (exact) mass is 354 g/mol. The van der Waals surface area contributed by atoms with Crippen LogP contribution in [0.15, 0.2) is 42.6 Å². The summed E-state index contributed by atoms with van der Waals surface area (Å²) in [4.78, 5) is 16.5. The van der Waals surface area contributed by atoms with Crippen LogP contribution in [0.25, 0.3) is 0 Å². The molecule has 0 aliphatic heterocycles. The highest BCUT2D eigenvalue weighted by molar-refractivity contribution is 5.78. The first-order chi connectivity index (χ1) is 12.8. The molecule has 1 saturated carbocycles. The van der Waals surface area contributed by atoms with Crippen molar-refractivity contribution in [1.29, 1.82) is 0 Å². The second kappa shape index (κ2) is 9.22. The van der Waals surface area contributed by atoms with Gasteiger partial charge in [-0.25, -0.2) is 4.98 Å². The van der Waals surface area contributed by atoms with Crippen LogP contribution in [0.3, 0.4) is 0 Å². The highest BCUT2D eigenvalue weighted by Crippen LogP contribution is 2.27. The molecule has 1 aromatic carbocycles. The first kappa shape index (κ1) is 18.2. The standard InChI is InChI=1S/C21H26N2O3/c1-2-14-25-18-9-11-19(12-10-18)26-21-17(8-5-13-22-21)15-23-20(24)16-6-3-4-7-16/h5,8-13,16H,2-4,6-7,14-15H2,1H3,(H,23,24). The molecule has 3 rings (SSSR count). The minimum Gasteiger partial charge on any atom is -0.494 e. The molecule has 1 aliphatic carbocycles. The molecule has 1 N–H and O–H groups in total. The lowest BCUT2D eigenvalue weighted by Gasteiger charge is -2.13. The third kappa shape index (κ3) is 4.97. The topological polar surface area (TPSA) is 60.5 Å². The van der Waals surface area contributed by atoms with Gasteiger partial charge in [-0.1, -0.05) is 25.8 Å². The summed E-state index contributed by atoms with van der Waals surface area (Å²) in [5, 5.41) is 3.02. The number of aromatic nitrogens is 1. The van der Waals surface area contributed by atoms with Gasteiger partial charge in [0, 0.05) is 24.2 Å². The number of rotatable bonds is 8. The molecular weight excluding hydrogens is 328 g/mol. The van der Waals surface area contributed by atoms with E-state index in [0.29, 0.717) is 24.8 Å². The zero-order valence-electron chi connectivity index (χ0n) is 15.2. The Morgan fingerprint density at radius 2 is 1.88 bits per heavy atom. The van der Waals surface area contributed by atoms with Crippen LogP contribution in [-0.4, -0.2) is 17.5 Å². The Bertz CT molecular complexity index is 709. The van der Waals surface area contributed by atoms with Gasteiger partial charge in [-0.2, -0.15) is 0 Å². The summed E-state index contributed by atoms with van der Waals surface area (Å²) < 4.78 is 11.5. The second-order valence-corrected chi connectivity index (χ2v) is 6.59. The highest BCUT2D eigenvalue weighted by atomic mass is 16.5. The summed E-state index contributed by atoms with van der Waals surface area (Å²) in [6, 6.07) is 11.3. The van der Waals surface area contributed by atoms with Crippen molar-refractivity contribution in [2.75, 3.05) is 6.61 Å². The average Bonchev–Trinajstić information content (AvgIpc) is 3.21. The fourth-order valence-electron chi connectivity index (χ4n) is 3.10. The molecule has 26 heavy (non-hydrogen) atoms. The molecule has 1 aromatic heterocycles. The first-order valence-corrected chi connectivity index (χ1v) is 9.38.